The summed E-state index contributed by atoms with van der Waals surface area (Å²) in [7, 11) is 0. The van der Waals surface area contributed by atoms with E-state index in [9.17, 15) is 18.0 Å². The number of nitrogens with zero attached hydrogens (tertiary/aromatic N) is 5. The highest BCUT2D eigenvalue weighted by molar-refractivity contribution is 5.94. The van der Waals surface area contributed by atoms with Crippen LogP contribution in [0.2, 0.25) is 0 Å². The van der Waals surface area contributed by atoms with Gasteiger partial charge in [0.15, 0.2) is 0 Å². The maximum absolute atomic E-state index is 14.1. The molecule has 13 heteroatoms. The summed E-state index contributed by atoms with van der Waals surface area (Å²) < 4.78 is 53.2. The highest BCUT2D eigenvalue weighted by atomic mass is 19.4. The molecule has 1 aliphatic carbocycles. The fraction of sp³-hybridized carbons (Fsp3) is 0.323. The minimum atomic E-state index is -4.69. The number of rotatable bonds is 8. The molecule has 1 amide bonds. The number of amides is 1. The van der Waals surface area contributed by atoms with E-state index in [1.54, 1.807) is 30.9 Å². The Kier molecular flexibility index (Phi) is 7.70. The number of carbonyl (C=O) groups is 1. The van der Waals surface area contributed by atoms with Crippen LogP contribution in [0.15, 0.2) is 59.4 Å². The Morgan fingerprint density at radius 3 is 2.59 bits per heavy atom. The van der Waals surface area contributed by atoms with E-state index in [0.717, 1.165) is 17.3 Å². The fourth-order valence-electron chi connectivity index (χ4n) is 5.54. The predicted octanol–water partition coefficient (Wildman–Crippen LogP) is 6.91. The van der Waals surface area contributed by atoms with E-state index < -0.39 is 17.8 Å². The zero-order valence-corrected chi connectivity index (χ0v) is 24.3. The second-order valence-corrected chi connectivity index (χ2v) is 10.7. The molecule has 0 unspecified atom stereocenters. The van der Waals surface area contributed by atoms with E-state index in [2.05, 4.69) is 30.4 Å². The van der Waals surface area contributed by atoms with E-state index in [0.29, 0.717) is 47.6 Å². The van der Waals surface area contributed by atoms with Crippen LogP contribution < -0.4 is 5.32 Å². The normalized spacial score (nSPS) is 16.5. The number of hydrogen-bond donors (Lipinski definition) is 2. The smallest absolute Gasteiger partial charge is 0.419 e. The third kappa shape index (κ3) is 5.56. The van der Waals surface area contributed by atoms with Gasteiger partial charge in [-0.3, -0.25) is 0 Å². The van der Waals surface area contributed by atoms with Crippen molar-refractivity contribution in [2.75, 3.05) is 11.9 Å². The number of hydrogen-bond acceptors (Lipinski definition) is 8. The number of carbonyl (C=O) groups excluding carboxylic acids is 1. The average molecular weight is 606 g/mol. The summed E-state index contributed by atoms with van der Waals surface area (Å²) >= 11 is 0. The lowest BCUT2D eigenvalue weighted by molar-refractivity contribution is -0.137. The third-order valence-corrected chi connectivity index (χ3v) is 7.91. The summed E-state index contributed by atoms with van der Waals surface area (Å²) in [5.74, 6) is 0.624. The van der Waals surface area contributed by atoms with Gasteiger partial charge < -0.3 is 24.5 Å². The first-order valence-electron chi connectivity index (χ1n) is 14.2. The lowest BCUT2D eigenvalue weighted by Gasteiger charge is -2.43. The zero-order chi connectivity index (χ0) is 31.0. The lowest BCUT2D eigenvalue weighted by Crippen LogP contribution is -2.56. The quantitative estimate of drug-likeness (QED) is 0.196. The molecule has 228 valence electrons. The monoisotopic (exact) mass is 605 g/mol. The lowest BCUT2D eigenvalue weighted by atomic mass is 9.85. The van der Waals surface area contributed by atoms with Gasteiger partial charge in [-0.1, -0.05) is 35.5 Å². The molecule has 0 spiro atoms. The Balaban J connectivity index is 1.25. The predicted molar refractivity (Wildman–Crippen MR) is 157 cm³/mol. The molecule has 6 rings (SSSR count). The number of nitrogens with one attached hydrogen (secondary N) is 2. The molecule has 44 heavy (non-hydrogen) atoms. The van der Waals surface area contributed by atoms with Crippen LogP contribution in [0.25, 0.3) is 33.5 Å². The Hall–Kier alpha value is -4.94. The Morgan fingerprint density at radius 1 is 1.14 bits per heavy atom. The number of alkyl halides is 3. The highest BCUT2D eigenvalue weighted by Crippen LogP contribution is 2.39. The van der Waals surface area contributed by atoms with Crippen molar-refractivity contribution in [2.45, 2.75) is 58.5 Å². The van der Waals surface area contributed by atoms with Gasteiger partial charge in [0.2, 0.25) is 5.95 Å². The summed E-state index contributed by atoms with van der Waals surface area (Å²) in [4.78, 5) is 30.5. The number of likely N-dealkylation sites (N-methyl/N-ethyl adjacent to an activating group) is 1. The van der Waals surface area contributed by atoms with Gasteiger partial charge in [-0.15, -0.1) is 0 Å². The number of halogens is 3. The number of aryl methyl sites for hydroxylation is 2. The summed E-state index contributed by atoms with van der Waals surface area (Å²) in [6, 6.07) is 12.3. The second kappa shape index (κ2) is 11.6. The van der Waals surface area contributed by atoms with Gasteiger partial charge in [-0.05, 0) is 51.3 Å². The van der Waals surface area contributed by atoms with Crippen molar-refractivity contribution >= 4 is 23.1 Å². The largest absolute Gasteiger partial charge is 0.445 e. The average Bonchev–Trinajstić information content (AvgIpc) is 3.58. The van der Waals surface area contributed by atoms with Crippen molar-refractivity contribution in [2.24, 2.45) is 0 Å². The number of fused-ring (bicyclic) bond motifs is 1. The standard InChI is InChI=1S/C31H30F3N7O3/c1-4-41(30(42)43-16-19-8-6-5-7-9-19)25-13-12-23(25)38-29-36-15-22(31(32,33)34)27(39-29)21-14-35-28-20(21)10-11-24(37-28)26-17(2)40-44-18(26)3/h5-11,14-15,23,25H,4,12-13,16H2,1-3H3,(H,35,37)(H,36,38,39)/t23-,25-/m0/s1. The van der Waals surface area contributed by atoms with Crippen LogP contribution in [0.5, 0.6) is 0 Å². The van der Waals surface area contributed by atoms with Gasteiger partial charge in [0.25, 0.3) is 0 Å². The summed E-state index contributed by atoms with van der Waals surface area (Å²) in [5.41, 5.74) is 2.23. The van der Waals surface area contributed by atoms with Crippen LogP contribution in [0.1, 0.15) is 42.3 Å². The molecule has 2 N–H and O–H groups in total. The SMILES string of the molecule is CCN(C(=O)OCc1ccccc1)[C@H]1CC[C@@H]1Nc1ncc(C(F)(F)F)c(-c2c[nH]c3nc(-c4c(C)noc4C)ccc23)n1. The number of anilines is 1. The first kappa shape index (κ1) is 29.1. The number of H-pyrrole nitrogens is 1. The summed E-state index contributed by atoms with van der Waals surface area (Å²) in [6.45, 7) is 5.97. The molecule has 0 saturated heterocycles. The van der Waals surface area contributed by atoms with E-state index in [1.165, 1.54) is 6.20 Å². The number of aromatic amines is 1. The minimum Gasteiger partial charge on any atom is -0.445 e. The molecule has 1 fully saturated rings. The molecule has 1 aliphatic rings. The van der Waals surface area contributed by atoms with Crippen molar-refractivity contribution in [1.29, 1.82) is 0 Å². The van der Waals surface area contributed by atoms with E-state index in [4.69, 9.17) is 9.26 Å². The zero-order valence-electron chi connectivity index (χ0n) is 24.3. The van der Waals surface area contributed by atoms with Crippen LogP contribution in [-0.4, -0.2) is 54.7 Å². The Bertz CT molecular complexity index is 1780. The molecule has 2 atom stereocenters. The van der Waals surface area contributed by atoms with Crippen LogP contribution in [0.3, 0.4) is 0 Å². The molecule has 5 aromatic rings. The molecular weight excluding hydrogens is 575 g/mol. The van der Waals surface area contributed by atoms with Gasteiger partial charge in [-0.2, -0.15) is 13.2 Å². The molecule has 1 saturated carbocycles. The van der Waals surface area contributed by atoms with E-state index >= 15 is 0 Å². The maximum Gasteiger partial charge on any atom is 0.419 e. The van der Waals surface area contributed by atoms with Crippen LogP contribution in [-0.2, 0) is 17.5 Å². The van der Waals surface area contributed by atoms with Crippen LogP contribution in [0.4, 0.5) is 23.9 Å². The minimum absolute atomic E-state index is 0.0334. The topological polar surface area (TPSA) is 122 Å². The van der Waals surface area contributed by atoms with Crippen LogP contribution >= 0.6 is 0 Å². The van der Waals surface area contributed by atoms with Gasteiger partial charge in [0.05, 0.1) is 28.7 Å². The van der Waals surface area contributed by atoms with Crippen LogP contribution in [0, 0.1) is 13.8 Å². The molecule has 0 radical (unpaired) electrons. The molecule has 0 bridgehead atoms. The van der Waals surface area contributed by atoms with E-state index in [-0.39, 0.29) is 35.9 Å². The molecule has 0 aliphatic heterocycles. The Labute approximate surface area is 250 Å². The maximum atomic E-state index is 14.1. The van der Waals surface area contributed by atoms with Crippen molar-refractivity contribution in [3.63, 3.8) is 0 Å². The molecule has 10 nitrogen and oxygen atoms in total. The summed E-state index contributed by atoms with van der Waals surface area (Å²) in [6.07, 6.45) is -1.50. The van der Waals surface area contributed by atoms with Crippen molar-refractivity contribution in [1.82, 2.24) is 30.0 Å². The molecular formula is C31H30F3N7O3. The number of pyridine rings is 1. The fourth-order valence-corrected chi connectivity index (χ4v) is 5.54. The molecule has 4 heterocycles. The van der Waals surface area contributed by atoms with Crippen molar-refractivity contribution < 1.29 is 27.2 Å². The molecule has 4 aromatic heterocycles. The van der Waals surface area contributed by atoms with Crippen molar-refractivity contribution in [3.8, 4) is 22.5 Å². The van der Waals surface area contributed by atoms with Crippen molar-refractivity contribution in [3.05, 3.63) is 77.4 Å². The second-order valence-electron chi connectivity index (χ2n) is 10.7. The van der Waals surface area contributed by atoms with Gasteiger partial charge in [-0.25, -0.2) is 19.7 Å². The number of ether oxygens (including phenoxy) is 1. The number of benzene rings is 1. The Morgan fingerprint density at radius 2 is 1.93 bits per heavy atom. The first-order chi connectivity index (χ1) is 21.1. The highest BCUT2D eigenvalue weighted by Gasteiger charge is 2.40. The van der Waals surface area contributed by atoms with Gasteiger partial charge in [0, 0.05) is 35.9 Å². The third-order valence-electron chi connectivity index (χ3n) is 7.91. The summed E-state index contributed by atoms with van der Waals surface area (Å²) in [5, 5.41) is 7.59. The van der Waals surface area contributed by atoms with Gasteiger partial charge >= 0.3 is 12.3 Å². The first-order valence-corrected chi connectivity index (χ1v) is 14.2. The molecule has 1 aromatic carbocycles. The number of aromatic nitrogens is 5. The van der Waals surface area contributed by atoms with Gasteiger partial charge in [0.1, 0.15) is 23.6 Å². The van der Waals surface area contributed by atoms with E-state index in [1.807, 2.05) is 37.3 Å².